The normalized spacial score (nSPS) is 17.7. The van der Waals surface area contributed by atoms with Gasteiger partial charge < -0.3 is 4.52 Å². The van der Waals surface area contributed by atoms with Gasteiger partial charge in [0, 0.05) is 12.7 Å². The zero-order valence-electron chi connectivity index (χ0n) is 15.3. The first kappa shape index (κ1) is 16.8. The lowest BCUT2D eigenvalue weighted by molar-refractivity contribution is 0.241. The summed E-state index contributed by atoms with van der Waals surface area (Å²) in [6.07, 6.45) is 7.69. The molecule has 26 heavy (non-hydrogen) atoms. The number of hydrogen-bond donors (Lipinski definition) is 0. The third-order valence-electron chi connectivity index (χ3n) is 4.85. The van der Waals surface area contributed by atoms with Gasteiger partial charge in [0.15, 0.2) is 0 Å². The van der Waals surface area contributed by atoms with Crippen LogP contribution in [-0.4, -0.2) is 36.5 Å². The summed E-state index contributed by atoms with van der Waals surface area (Å²) < 4.78 is 5.28. The van der Waals surface area contributed by atoms with E-state index < -0.39 is 0 Å². The van der Waals surface area contributed by atoms with Crippen LogP contribution in [0.1, 0.15) is 47.5 Å². The van der Waals surface area contributed by atoms with Gasteiger partial charge in [-0.25, -0.2) is 15.0 Å². The summed E-state index contributed by atoms with van der Waals surface area (Å²) >= 11 is 0. The number of aryl methyl sites for hydroxylation is 3. The predicted molar refractivity (Wildman–Crippen MR) is 96.2 cm³/mol. The van der Waals surface area contributed by atoms with Gasteiger partial charge in [0.1, 0.15) is 11.6 Å². The number of rotatable bonds is 4. The van der Waals surface area contributed by atoms with Crippen molar-refractivity contribution >= 4 is 0 Å². The van der Waals surface area contributed by atoms with Crippen molar-refractivity contribution in [1.29, 1.82) is 0 Å². The van der Waals surface area contributed by atoms with Crippen molar-refractivity contribution in [1.82, 2.24) is 30.0 Å². The second-order valence-corrected chi connectivity index (χ2v) is 6.75. The lowest BCUT2D eigenvalue weighted by Gasteiger charge is -2.23. The molecule has 3 aromatic rings. The van der Waals surface area contributed by atoms with Gasteiger partial charge in [-0.1, -0.05) is 5.16 Å². The van der Waals surface area contributed by atoms with Crippen LogP contribution in [0.3, 0.4) is 0 Å². The Kier molecular flexibility index (Phi) is 4.46. The smallest absolute Gasteiger partial charge is 0.143 e. The first-order chi connectivity index (χ1) is 12.6. The third kappa shape index (κ3) is 3.22. The Hall–Kier alpha value is -2.67. The average Bonchev–Trinajstić information content (AvgIpc) is 3.21. The monoisotopic (exact) mass is 350 g/mol. The van der Waals surface area contributed by atoms with E-state index in [4.69, 9.17) is 9.51 Å². The topological polar surface area (TPSA) is 80.8 Å². The van der Waals surface area contributed by atoms with Crippen molar-refractivity contribution in [2.45, 2.75) is 46.2 Å². The molecule has 1 aliphatic heterocycles. The first-order valence-electron chi connectivity index (χ1n) is 8.89. The van der Waals surface area contributed by atoms with Crippen molar-refractivity contribution in [2.24, 2.45) is 0 Å². The molecule has 0 saturated carbocycles. The molecule has 0 bridgehead atoms. The van der Waals surface area contributed by atoms with E-state index in [9.17, 15) is 0 Å². The molecule has 0 radical (unpaired) electrons. The van der Waals surface area contributed by atoms with Gasteiger partial charge in [-0.05, 0) is 46.2 Å². The SMILES string of the molecule is Cc1nccc(CN2CCCC2c2cncc(-c3c(C)noc3C)n2)n1. The maximum Gasteiger partial charge on any atom is 0.143 e. The van der Waals surface area contributed by atoms with Crippen LogP contribution >= 0.6 is 0 Å². The summed E-state index contributed by atoms with van der Waals surface area (Å²) in [6, 6.07) is 2.23. The third-order valence-corrected chi connectivity index (χ3v) is 4.85. The van der Waals surface area contributed by atoms with Crippen molar-refractivity contribution in [3.05, 3.63) is 53.3 Å². The summed E-state index contributed by atoms with van der Waals surface area (Å²) in [5, 5.41) is 4.03. The molecule has 0 amide bonds. The van der Waals surface area contributed by atoms with Crippen LogP contribution in [-0.2, 0) is 6.54 Å². The van der Waals surface area contributed by atoms with Crippen LogP contribution in [0.2, 0.25) is 0 Å². The van der Waals surface area contributed by atoms with Gasteiger partial charge in [-0.2, -0.15) is 0 Å². The molecule has 0 aliphatic carbocycles. The minimum atomic E-state index is 0.248. The van der Waals surface area contributed by atoms with E-state index in [1.807, 2.05) is 39.2 Å². The molecule has 1 saturated heterocycles. The Balaban J connectivity index is 1.61. The van der Waals surface area contributed by atoms with Gasteiger partial charge >= 0.3 is 0 Å². The Labute approximate surface area is 152 Å². The summed E-state index contributed by atoms with van der Waals surface area (Å²) in [7, 11) is 0. The number of nitrogens with zero attached hydrogens (tertiary/aromatic N) is 6. The molecule has 1 fully saturated rings. The lowest BCUT2D eigenvalue weighted by atomic mass is 10.1. The second kappa shape index (κ2) is 6.92. The van der Waals surface area contributed by atoms with Crippen LogP contribution in [0.5, 0.6) is 0 Å². The molecule has 1 atom stereocenters. The average molecular weight is 350 g/mol. The number of hydrogen-bond acceptors (Lipinski definition) is 7. The quantitative estimate of drug-likeness (QED) is 0.715. The first-order valence-corrected chi connectivity index (χ1v) is 8.89. The molecule has 3 aromatic heterocycles. The largest absolute Gasteiger partial charge is 0.361 e. The van der Waals surface area contributed by atoms with Gasteiger partial charge in [0.25, 0.3) is 0 Å². The summed E-state index contributed by atoms with van der Waals surface area (Å²) in [5.41, 5.74) is 4.64. The second-order valence-electron chi connectivity index (χ2n) is 6.75. The molecular weight excluding hydrogens is 328 g/mol. The van der Waals surface area contributed by atoms with E-state index in [1.165, 1.54) is 0 Å². The minimum absolute atomic E-state index is 0.248. The molecule has 4 rings (SSSR count). The van der Waals surface area contributed by atoms with Crippen molar-refractivity contribution in [3.8, 4) is 11.3 Å². The molecule has 1 unspecified atom stereocenters. The van der Waals surface area contributed by atoms with Gasteiger partial charge in [-0.3, -0.25) is 9.88 Å². The fraction of sp³-hybridized carbons (Fsp3) is 0.421. The maximum atomic E-state index is 5.28. The molecule has 7 nitrogen and oxygen atoms in total. The Morgan fingerprint density at radius 2 is 2.08 bits per heavy atom. The number of aromatic nitrogens is 5. The summed E-state index contributed by atoms with van der Waals surface area (Å²) in [6.45, 7) is 7.59. The van der Waals surface area contributed by atoms with E-state index >= 15 is 0 Å². The highest BCUT2D eigenvalue weighted by atomic mass is 16.5. The van der Waals surface area contributed by atoms with Crippen LogP contribution in [0.25, 0.3) is 11.3 Å². The zero-order chi connectivity index (χ0) is 18.1. The van der Waals surface area contributed by atoms with Crippen LogP contribution in [0.15, 0.2) is 29.2 Å². The minimum Gasteiger partial charge on any atom is -0.361 e. The van der Waals surface area contributed by atoms with Crippen molar-refractivity contribution < 1.29 is 4.52 Å². The predicted octanol–water partition coefficient (Wildman–Crippen LogP) is 3.18. The van der Waals surface area contributed by atoms with Crippen molar-refractivity contribution in [3.63, 3.8) is 0 Å². The maximum absolute atomic E-state index is 5.28. The molecular formula is C19H22N6O. The Morgan fingerprint density at radius 3 is 2.85 bits per heavy atom. The Bertz CT molecular complexity index is 902. The van der Waals surface area contributed by atoms with Gasteiger partial charge in [0.2, 0.25) is 0 Å². The van der Waals surface area contributed by atoms with Crippen molar-refractivity contribution in [2.75, 3.05) is 6.54 Å². The molecule has 4 heterocycles. The van der Waals surface area contributed by atoms with E-state index in [2.05, 4.69) is 25.0 Å². The molecule has 0 N–H and O–H groups in total. The molecule has 0 aromatic carbocycles. The fourth-order valence-corrected chi connectivity index (χ4v) is 3.66. The zero-order valence-corrected chi connectivity index (χ0v) is 15.3. The van der Waals surface area contributed by atoms with Crippen LogP contribution < -0.4 is 0 Å². The molecule has 1 aliphatic rings. The van der Waals surface area contributed by atoms with Crippen LogP contribution in [0, 0.1) is 20.8 Å². The standard InChI is InChI=1S/C19H22N6O/c1-12-19(13(2)26-24-12)17-10-20-9-16(23-17)18-5-4-8-25(18)11-15-6-7-21-14(3)22-15/h6-7,9-10,18H,4-5,8,11H2,1-3H3. The fourth-order valence-electron chi connectivity index (χ4n) is 3.66. The van der Waals surface area contributed by atoms with Gasteiger partial charge in [-0.15, -0.1) is 0 Å². The highest BCUT2D eigenvalue weighted by Gasteiger charge is 2.28. The highest BCUT2D eigenvalue weighted by molar-refractivity contribution is 5.62. The van der Waals surface area contributed by atoms with E-state index in [-0.39, 0.29) is 6.04 Å². The van der Waals surface area contributed by atoms with Crippen LogP contribution in [0.4, 0.5) is 0 Å². The molecule has 7 heteroatoms. The van der Waals surface area contributed by atoms with E-state index in [0.29, 0.717) is 0 Å². The van der Waals surface area contributed by atoms with E-state index in [1.54, 1.807) is 6.20 Å². The lowest BCUT2D eigenvalue weighted by Crippen LogP contribution is -2.24. The molecule has 0 spiro atoms. The highest BCUT2D eigenvalue weighted by Crippen LogP contribution is 2.33. The van der Waals surface area contributed by atoms with Gasteiger partial charge in [0.05, 0.1) is 46.8 Å². The van der Waals surface area contributed by atoms with E-state index in [0.717, 1.165) is 65.9 Å². The molecule has 134 valence electrons. The number of likely N-dealkylation sites (tertiary alicyclic amines) is 1. The summed E-state index contributed by atoms with van der Waals surface area (Å²) in [4.78, 5) is 20.5. The summed E-state index contributed by atoms with van der Waals surface area (Å²) in [5.74, 6) is 1.58. The Morgan fingerprint density at radius 1 is 1.19 bits per heavy atom.